The van der Waals surface area contributed by atoms with Gasteiger partial charge in [-0.1, -0.05) is 40.6 Å². The molecule has 0 bridgehead atoms. The van der Waals surface area contributed by atoms with Gasteiger partial charge < -0.3 is 5.11 Å². The van der Waals surface area contributed by atoms with Gasteiger partial charge in [0.1, 0.15) is 5.69 Å². The number of hydrogen-bond acceptors (Lipinski definition) is 3. The van der Waals surface area contributed by atoms with Crippen LogP contribution in [0, 0.1) is 0 Å². The summed E-state index contributed by atoms with van der Waals surface area (Å²) in [5, 5.41) is 17.3. The third kappa shape index (κ3) is 2.56. The first-order valence-electron chi connectivity index (χ1n) is 5.56. The molecular formula is C12H14BrN3O. The number of halogens is 1. The van der Waals surface area contributed by atoms with Gasteiger partial charge in [-0.25, -0.2) is 4.68 Å². The van der Waals surface area contributed by atoms with Crippen LogP contribution in [0.2, 0.25) is 0 Å². The molecule has 0 saturated carbocycles. The Bertz CT molecular complexity index is 510. The number of nitrogens with zero attached hydrogens (tertiary/aromatic N) is 3. The lowest BCUT2D eigenvalue weighted by Gasteiger charge is -2.06. The van der Waals surface area contributed by atoms with Crippen LogP contribution in [0.15, 0.2) is 28.7 Å². The van der Waals surface area contributed by atoms with E-state index in [9.17, 15) is 5.11 Å². The number of rotatable bonds is 4. The summed E-state index contributed by atoms with van der Waals surface area (Å²) in [6.45, 7) is 2.03. The SMILES string of the molecule is CCCc1c(CO)nnn1-c1cccc(Br)c1. The van der Waals surface area contributed by atoms with Crippen molar-refractivity contribution in [1.29, 1.82) is 0 Å². The zero-order chi connectivity index (χ0) is 12.3. The molecule has 0 unspecified atom stereocenters. The van der Waals surface area contributed by atoms with Crippen LogP contribution in [0.5, 0.6) is 0 Å². The van der Waals surface area contributed by atoms with Crippen molar-refractivity contribution < 1.29 is 5.11 Å². The molecule has 1 N–H and O–H groups in total. The van der Waals surface area contributed by atoms with Crippen LogP contribution in [-0.2, 0) is 13.0 Å². The minimum absolute atomic E-state index is 0.0661. The lowest BCUT2D eigenvalue weighted by Crippen LogP contribution is -2.03. The highest BCUT2D eigenvalue weighted by Crippen LogP contribution is 2.18. The van der Waals surface area contributed by atoms with E-state index in [0.29, 0.717) is 5.69 Å². The molecule has 17 heavy (non-hydrogen) atoms. The number of aliphatic hydroxyl groups excluding tert-OH is 1. The van der Waals surface area contributed by atoms with E-state index in [-0.39, 0.29) is 6.61 Å². The van der Waals surface area contributed by atoms with Gasteiger partial charge in [-0.15, -0.1) is 5.10 Å². The first-order chi connectivity index (χ1) is 8.26. The first kappa shape index (κ1) is 12.3. The quantitative estimate of drug-likeness (QED) is 0.943. The fourth-order valence-electron chi connectivity index (χ4n) is 1.76. The van der Waals surface area contributed by atoms with Gasteiger partial charge in [0.05, 0.1) is 18.0 Å². The van der Waals surface area contributed by atoms with Gasteiger partial charge in [-0.3, -0.25) is 0 Å². The molecule has 0 aliphatic rings. The average molecular weight is 296 g/mol. The minimum Gasteiger partial charge on any atom is -0.390 e. The van der Waals surface area contributed by atoms with E-state index in [0.717, 1.165) is 28.7 Å². The Kier molecular flexibility index (Phi) is 3.91. The van der Waals surface area contributed by atoms with Gasteiger partial charge in [0.25, 0.3) is 0 Å². The van der Waals surface area contributed by atoms with E-state index in [4.69, 9.17) is 0 Å². The van der Waals surface area contributed by atoms with E-state index in [1.165, 1.54) is 0 Å². The second-order valence-electron chi connectivity index (χ2n) is 3.78. The van der Waals surface area contributed by atoms with Crippen LogP contribution in [-0.4, -0.2) is 20.1 Å². The van der Waals surface area contributed by atoms with Crippen molar-refractivity contribution in [3.05, 3.63) is 40.1 Å². The van der Waals surface area contributed by atoms with Crippen molar-refractivity contribution >= 4 is 15.9 Å². The summed E-state index contributed by atoms with van der Waals surface area (Å²) in [7, 11) is 0. The third-order valence-corrected chi connectivity index (χ3v) is 3.03. The Labute approximate surface area is 108 Å². The van der Waals surface area contributed by atoms with Crippen LogP contribution in [0.1, 0.15) is 24.7 Å². The van der Waals surface area contributed by atoms with Crippen LogP contribution < -0.4 is 0 Å². The van der Waals surface area contributed by atoms with Crippen LogP contribution >= 0.6 is 15.9 Å². The lowest BCUT2D eigenvalue weighted by molar-refractivity contribution is 0.275. The maximum atomic E-state index is 9.23. The molecule has 0 spiro atoms. The van der Waals surface area contributed by atoms with E-state index >= 15 is 0 Å². The molecule has 5 heteroatoms. The van der Waals surface area contributed by atoms with E-state index < -0.39 is 0 Å². The normalized spacial score (nSPS) is 10.8. The summed E-state index contributed by atoms with van der Waals surface area (Å²) >= 11 is 3.44. The summed E-state index contributed by atoms with van der Waals surface area (Å²) in [5.74, 6) is 0. The molecule has 2 rings (SSSR count). The Balaban J connectivity index is 2.47. The number of hydrogen-bond donors (Lipinski definition) is 1. The van der Waals surface area contributed by atoms with Crippen LogP contribution in [0.3, 0.4) is 0 Å². The second kappa shape index (κ2) is 5.42. The van der Waals surface area contributed by atoms with Crippen molar-refractivity contribution in [1.82, 2.24) is 15.0 Å². The Morgan fingerprint density at radius 1 is 1.41 bits per heavy atom. The molecule has 0 fully saturated rings. The molecule has 0 aliphatic heterocycles. The van der Waals surface area contributed by atoms with Crippen LogP contribution in [0.25, 0.3) is 5.69 Å². The molecule has 2 aromatic rings. The van der Waals surface area contributed by atoms with Crippen molar-refractivity contribution in [2.75, 3.05) is 0 Å². The molecule has 0 radical (unpaired) electrons. The zero-order valence-electron chi connectivity index (χ0n) is 9.60. The van der Waals surface area contributed by atoms with E-state index in [1.807, 2.05) is 24.3 Å². The van der Waals surface area contributed by atoms with Gasteiger partial charge in [0, 0.05) is 4.47 Å². The summed E-state index contributed by atoms with van der Waals surface area (Å²) < 4.78 is 2.79. The first-order valence-corrected chi connectivity index (χ1v) is 6.35. The topological polar surface area (TPSA) is 50.9 Å². The molecule has 4 nitrogen and oxygen atoms in total. The fraction of sp³-hybridized carbons (Fsp3) is 0.333. The smallest absolute Gasteiger partial charge is 0.112 e. The maximum Gasteiger partial charge on any atom is 0.112 e. The van der Waals surface area contributed by atoms with Gasteiger partial charge in [0.2, 0.25) is 0 Å². The Morgan fingerprint density at radius 2 is 2.24 bits per heavy atom. The van der Waals surface area contributed by atoms with E-state index in [2.05, 4.69) is 33.2 Å². The third-order valence-electron chi connectivity index (χ3n) is 2.53. The van der Waals surface area contributed by atoms with Crippen molar-refractivity contribution in [2.45, 2.75) is 26.4 Å². The van der Waals surface area contributed by atoms with Gasteiger partial charge in [-0.2, -0.15) is 0 Å². The zero-order valence-corrected chi connectivity index (χ0v) is 11.2. The van der Waals surface area contributed by atoms with E-state index in [1.54, 1.807) is 4.68 Å². The van der Waals surface area contributed by atoms with Crippen molar-refractivity contribution in [2.24, 2.45) is 0 Å². The van der Waals surface area contributed by atoms with Gasteiger partial charge in [0.15, 0.2) is 0 Å². The summed E-state index contributed by atoms with van der Waals surface area (Å²) in [6.07, 6.45) is 1.85. The highest BCUT2D eigenvalue weighted by atomic mass is 79.9. The Hall–Kier alpha value is -1.20. The summed E-state index contributed by atoms with van der Waals surface area (Å²) in [6, 6.07) is 7.87. The summed E-state index contributed by atoms with van der Waals surface area (Å²) in [4.78, 5) is 0. The molecular weight excluding hydrogens is 282 g/mol. The molecule has 0 atom stereocenters. The molecule has 0 saturated heterocycles. The standard InChI is InChI=1S/C12H14BrN3O/c1-2-4-12-11(8-17)14-15-16(12)10-6-3-5-9(13)7-10/h3,5-7,17H,2,4,8H2,1H3. The predicted molar refractivity (Wildman–Crippen MR) is 69.0 cm³/mol. The lowest BCUT2D eigenvalue weighted by atomic mass is 10.2. The maximum absolute atomic E-state index is 9.23. The second-order valence-corrected chi connectivity index (χ2v) is 4.70. The number of aliphatic hydroxyl groups is 1. The van der Waals surface area contributed by atoms with Crippen molar-refractivity contribution in [3.63, 3.8) is 0 Å². The fourth-order valence-corrected chi connectivity index (χ4v) is 2.15. The molecule has 0 amide bonds. The summed E-state index contributed by atoms with van der Waals surface area (Å²) in [5.41, 5.74) is 2.59. The molecule has 0 aliphatic carbocycles. The number of benzene rings is 1. The van der Waals surface area contributed by atoms with Crippen LogP contribution in [0.4, 0.5) is 0 Å². The predicted octanol–water partition coefficient (Wildman–Crippen LogP) is 2.47. The largest absolute Gasteiger partial charge is 0.390 e. The minimum atomic E-state index is -0.0661. The number of aromatic nitrogens is 3. The van der Waals surface area contributed by atoms with Gasteiger partial charge in [-0.05, 0) is 24.6 Å². The molecule has 1 aromatic carbocycles. The molecule has 1 heterocycles. The highest BCUT2D eigenvalue weighted by molar-refractivity contribution is 9.10. The molecule has 1 aromatic heterocycles. The van der Waals surface area contributed by atoms with Crippen molar-refractivity contribution in [3.8, 4) is 5.69 Å². The average Bonchev–Trinajstić information content (AvgIpc) is 2.72. The Morgan fingerprint density at radius 3 is 2.88 bits per heavy atom. The molecule has 90 valence electrons. The van der Waals surface area contributed by atoms with Gasteiger partial charge >= 0.3 is 0 Å². The highest BCUT2D eigenvalue weighted by Gasteiger charge is 2.12. The monoisotopic (exact) mass is 295 g/mol.